The molecule has 1 aliphatic rings. The number of nitrogens with one attached hydrogen (secondary N) is 1. The summed E-state index contributed by atoms with van der Waals surface area (Å²) < 4.78 is 36.6. The van der Waals surface area contributed by atoms with Crippen molar-refractivity contribution in [2.75, 3.05) is 39.3 Å². The van der Waals surface area contributed by atoms with Crippen LogP contribution in [0.1, 0.15) is 13.3 Å². The number of urea groups is 1. The summed E-state index contributed by atoms with van der Waals surface area (Å²) in [6.07, 6.45) is -3.69. The third-order valence-corrected chi connectivity index (χ3v) is 3.04. The highest BCUT2D eigenvalue weighted by atomic mass is 19.4. The molecule has 8 heteroatoms. The number of likely N-dealkylation sites (tertiary alicyclic amines) is 1. The molecule has 0 spiro atoms. The minimum absolute atomic E-state index is 0.133. The Morgan fingerprint density at radius 1 is 1.53 bits per heavy atom. The monoisotopic (exact) mass is 283 g/mol. The van der Waals surface area contributed by atoms with Crippen molar-refractivity contribution in [2.24, 2.45) is 0 Å². The number of nitrogens with zero attached hydrogens (tertiary/aromatic N) is 2. The molecule has 1 unspecified atom stereocenters. The van der Waals surface area contributed by atoms with Gasteiger partial charge in [0.25, 0.3) is 0 Å². The summed E-state index contributed by atoms with van der Waals surface area (Å²) in [4.78, 5) is 14.5. The van der Waals surface area contributed by atoms with Gasteiger partial charge in [0.15, 0.2) is 0 Å². The van der Waals surface area contributed by atoms with Crippen molar-refractivity contribution in [1.82, 2.24) is 15.1 Å². The van der Waals surface area contributed by atoms with Crippen LogP contribution < -0.4 is 5.32 Å². The zero-order valence-corrected chi connectivity index (χ0v) is 10.9. The van der Waals surface area contributed by atoms with Crippen LogP contribution in [0.2, 0.25) is 0 Å². The molecule has 1 aliphatic heterocycles. The predicted molar refractivity (Wildman–Crippen MR) is 63.8 cm³/mol. The van der Waals surface area contributed by atoms with Gasteiger partial charge in [-0.05, 0) is 13.3 Å². The van der Waals surface area contributed by atoms with Crippen molar-refractivity contribution in [3.05, 3.63) is 0 Å². The second-order valence-electron chi connectivity index (χ2n) is 4.59. The molecule has 1 fully saturated rings. The Labute approximate surface area is 110 Å². The first-order valence-electron chi connectivity index (χ1n) is 6.31. The van der Waals surface area contributed by atoms with E-state index < -0.39 is 12.7 Å². The van der Waals surface area contributed by atoms with Gasteiger partial charge >= 0.3 is 12.2 Å². The molecule has 0 aromatic rings. The number of halogens is 3. The maximum atomic E-state index is 12.2. The normalized spacial score (nSPS) is 20.6. The van der Waals surface area contributed by atoms with E-state index >= 15 is 0 Å². The summed E-state index contributed by atoms with van der Waals surface area (Å²) in [6, 6.07) is -0.599. The van der Waals surface area contributed by atoms with Gasteiger partial charge in [0.2, 0.25) is 0 Å². The molecule has 0 aliphatic carbocycles. The van der Waals surface area contributed by atoms with Crippen LogP contribution in [-0.4, -0.2) is 72.5 Å². The summed E-state index contributed by atoms with van der Waals surface area (Å²) in [6.45, 7) is 1.92. The lowest BCUT2D eigenvalue weighted by atomic mass is 10.3. The average molecular weight is 283 g/mol. The molecule has 0 radical (unpaired) electrons. The Morgan fingerprint density at radius 3 is 2.74 bits per heavy atom. The molecular weight excluding hydrogens is 263 g/mol. The molecule has 2 N–H and O–H groups in total. The summed E-state index contributed by atoms with van der Waals surface area (Å²) >= 11 is 0. The summed E-state index contributed by atoms with van der Waals surface area (Å²) in [5.41, 5.74) is 0. The van der Waals surface area contributed by atoms with E-state index in [2.05, 4.69) is 5.32 Å². The molecule has 112 valence electrons. The lowest BCUT2D eigenvalue weighted by Gasteiger charge is -2.23. The minimum atomic E-state index is -4.20. The van der Waals surface area contributed by atoms with Crippen molar-refractivity contribution in [3.63, 3.8) is 0 Å². The molecule has 0 bridgehead atoms. The van der Waals surface area contributed by atoms with Gasteiger partial charge in [-0.3, -0.25) is 4.90 Å². The number of aliphatic hydroxyl groups excluding tert-OH is 1. The Balaban J connectivity index is 2.37. The molecule has 19 heavy (non-hydrogen) atoms. The van der Waals surface area contributed by atoms with Gasteiger partial charge in [0, 0.05) is 32.2 Å². The number of amides is 2. The fraction of sp³-hybridized carbons (Fsp3) is 0.909. The van der Waals surface area contributed by atoms with Crippen LogP contribution in [0.5, 0.6) is 0 Å². The van der Waals surface area contributed by atoms with Crippen molar-refractivity contribution in [3.8, 4) is 0 Å². The van der Waals surface area contributed by atoms with Crippen LogP contribution in [-0.2, 0) is 0 Å². The first-order valence-corrected chi connectivity index (χ1v) is 6.31. The number of aliphatic hydroxyl groups is 1. The zero-order chi connectivity index (χ0) is 14.5. The van der Waals surface area contributed by atoms with Crippen LogP contribution in [0, 0.1) is 0 Å². The fourth-order valence-electron chi connectivity index (χ4n) is 2.14. The predicted octanol–water partition coefficient (Wildman–Crippen LogP) is 0.647. The quantitative estimate of drug-likeness (QED) is 0.779. The van der Waals surface area contributed by atoms with Gasteiger partial charge in [0.05, 0.1) is 13.2 Å². The Morgan fingerprint density at radius 2 is 2.21 bits per heavy atom. The van der Waals surface area contributed by atoms with Gasteiger partial charge < -0.3 is 15.3 Å². The summed E-state index contributed by atoms with van der Waals surface area (Å²) in [7, 11) is 0. The van der Waals surface area contributed by atoms with Crippen molar-refractivity contribution in [1.29, 1.82) is 0 Å². The topological polar surface area (TPSA) is 55.8 Å². The molecule has 0 aromatic heterocycles. The highest BCUT2D eigenvalue weighted by molar-refractivity contribution is 5.74. The maximum absolute atomic E-state index is 12.2. The van der Waals surface area contributed by atoms with Crippen molar-refractivity contribution < 1.29 is 23.1 Å². The number of carbonyl (C=O) groups excluding carboxylic acids is 1. The number of likely N-dealkylation sites (N-methyl/N-ethyl adjacent to an activating group) is 1. The molecular formula is C11H20F3N3O2. The van der Waals surface area contributed by atoms with E-state index in [1.807, 2.05) is 0 Å². The summed E-state index contributed by atoms with van der Waals surface area (Å²) in [5.74, 6) is 0. The molecule has 1 heterocycles. The number of carbonyl (C=O) groups is 1. The van der Waals surface area contributed by atoms with Gasteiger partial charge in [0.1, 0.15) is 0 Å². The molecule has 1 atom stereocenters. The first kappa shape index (κ1) is 16.0. The molecule has 2 amide bonds. The van der Waals surface area contributed by atoms with E-state index in [4.69, 9.17) is 5.11 Å². The van der Waals surface area contributed by atoms with Gasteiger partial charge in [-0.15, -0.1) is 0 Å². The van der Waals surface area contributed by atoms with Crippen LogP contribution in [0.25, 0.3) is 0 Å². The zero-order valence-electron chi connectivity index (χ0n) is 10.9. The number of hydrogen-bond acceptors (Lipinski definition) is 3. The number of hydrogen-bond donors (Lipinski definition) is 2. The standard InChI is InChI=1S/C11H20F3N3O2/c1-2-17(5-6-18)10(19)15-9-3-4-16(7-9)8-11(12,13)14/h9,18H,2-8H2,1H3,(H,15,19). The average Bonchev–Trinajstić information content (AvgIpc) is 2.70. The van der Waals surface area contributed by atoms with Crippen LogP contribution in [0.4, 0.5) is 18.0 Å². The highest BCUT2D eigenvalue weighted by Crippen LogP contribution is 2.19. The highest BCUT2D eigenvalue weighted by Gasteiger charge is 2.34. The minimum Gasteiger partial charge on any atom is -0.395 e. The first-order chi connectivity index (χ1) is 8.85. The van der Waals surface area contributed by atoms with Crippen LogP contribution in [0.3, 0.4) is 0 Å². The molecule has 5 nitrogen and oxygen atoms in total. The molecule has 0 saturated carbocycles. The smallest absolute Gasteiger partial charge is 0.395 e. The van der Waals surface area contributed by atoms with Gasteiger partial charge in [-0.1, -0.05) is 0 Å². The van der Waals surface area contributed by atoms with E-state index in [1.165, 1.54) is 9.80 Å². The second-order valence-corrected chi connectivity index (χ2v) is 4.59. The molecule has 0 aromatic carbocycles. The Kier molecular flexibility index (Phi) is 5.86. The fourth-order valence-corrected chi connectivity index (χ4v) is 2.14. The van der Waals surface area contributed by atoms with E-state index in [0.29, 0.717) is 19.5 Å². The van der Waals surface area contributed by atoms with Gasteiger partial charge in [-0.2, -0.15) is 13.2 Å². The van der Waals surface area contributed by atoms with Gasteiger partial charge in [-0.25, -0.2) is 4.79 Å². The van der Waals surface area contributed by atoms with E-state index in [-0.39, 0.29) is 31.8 Å². The van der Waals surface area contributed by atoms with Crippen LogP contribution in [0.15, 0.2) is 0 Å². The third-order valence-electron chi connectivity index (χ3n) is 3.04. The summed E-state index contributed by atoms with van der Waals surface area (Å²) in [5, 5.41) is 11.5. The van der Waals surface area contributed by atoms with Crippen LogP contribution >= 0.6 is 0 Å². The van der Waals surface area contributed by atoms with E-state index in [0.717, 1.165) is 0 Å². The molecule has 1 saturated heterocycles. The number of alkyl halides is 3. The largest absolute Gasteiger partial charge is 0.401 e. The van der Waals surface area contributed by atoms with Crippen molar-refractivity contribution in [2.45, 2.75) is 25.6 Å². The second kappa shape index (κ2) is 6.95. The Bertz CT molecular complexity index is 299. The lowest BCUT2D eigenvalue weighted by Crippen LogP contribution is -2.47. The van der Waals surface area contributed by atoms with E-state index in [1.54, 1.807) is 6.92 Å². The number of rotatable bonds is 5. The van der Waals surface area contributed by atoms with E-state index in [9.17, 15) is 18.0 Å². The maximum Gasteiger partial charge on any atom is 0.401 e. The Hall–Kier alpha value is -1.02. The van der Waals surface area contributed by atoms with Crippen molar-refractivity contribution >= 4 is 6.03 Å². The third kappa shape index (κ3) is 5.65. The molecule has 1 rings (SSSR count). The lowest BCUT2D eigenvalue weighted by molar-refractivity contribution is -0.143. The SMILES string of the molecule is CCN(CCO)C(=O)NC1CCN(CC(F)(F)F)C1.